The molecule has 10 amide bonds. The van der Waals surface area contributed by atoms with E-state index in [1.165, 1.54) is 57.0 Å². The van der Waals surface area contributed by atoms with Crippen molar-refractivity contribution in [1.29, 1.82) is 0 Å². The monoisotopic (exact) mass is 1480 g/mol. The summed E-state index contributed by atoms with van der Waals surface area (Å²) in [5.74, 6) is -7.47. The molecule has 0 unspecified atom stereocenters. The van der Waals surface area contributed by atoms with Crippen molar-refractivity contribution in [3.63, 3.8) is 0 Å². The first-order valence-corrected chi connectivity index (χ1v) is 35.6. The molecule has 29 heteroatoms. The number of nitrogens with one attached hydrogen (secondary N) is 6. The van der Waals surface area contributed by atoms with Gasteiger partial charge in [-0.2, -0.15) is 0 Å². The van der Waals surface area contributed by atoms with Crippen LogP contribution in [-0.4, -0.2) is 210 Å². The summed E-state index contributed by atoms with van der Waals surface area (Å²) in [7, 11) is 5.09. The van der Waals surface area contributed by atoms with Gasteiger partial charge in [0.2, 0.25) is 41.4 Å². The number of ether oxygens (including phenoxy) is 4. The van der Waals surface area contributed by atoms with E-state index in [2.05, 4.69) is 41.9 Å². The minimum atomic E-state index is -1.43. The average Bonchev–Trinajstić information content (AvgIpc) is 1.68. The number of benzene rings is 5. The summed E-state index contributed by atoms with van der Waals surface area (Å²) in [5.41, 5.74) is 7.68. The number of likely N-dealkylation sites (N-methyl/N-ethyl adjacent to an activating group) is 2. The molecule has 0 radical (unpaired) electrons. The van der Waals surface area contributed by atoms with Gasteiger partial charge in [-0.05, 0) is 135 Å². The topological polar surface area (TPSA) is 376 Å². The predicted molar refractivity (Wildman–Crippen MR) is 399 cm³/mol. The third-order valence-corrected chi connectivity index (χ3v) is 18.8. The standard InChI is InChI=1S/C78H103N13O16/c1-44(88(15)73(102)106-77(9,10)11)63(92)84-61(75(3,4)5)69(98)90-42-54(40-59(90)68(97)83-58(72(101)105-18)39-48-30-32-50-24-20-22-26-53(50)36-48)80-65(94)51-33-27-46(28-34-51)37-57(71(100)104-17)82-66(95)56(38-47-29-31-49-23-19-21-25-52(49)35-47)81-67(96)60-41-55(86-87-79)43-91(60)70(99)62(76(6,7)8)85-64(93)45(2)89(16)74(103)107-78(12,13)14/h19-36,44-45,54-62H,37-43H2,1-18H3,(H,80,94)(H,81,96)(H,82,95)(H,83,97)(H,84,92)(H,85,93)/t44-,45-,54-,55-,56-,57-,58-,59-,60-,61+,62+/m0/s1. The minimum Gasteiger partial charge on any atom is -0.467 e. The van der Waals surface area contributed by atoms with E-state index in [9.17, 15) is 58.3 Å². The van der Waals surface area contributed by atoms with Gasteiger partial charge in [-0.1, -0.05) is 144 Å². The summed E-state index contributed by atoms with van der Waals surface area (Å²) in [6.45, 7) is 22.8. The highest BCUT2D eigenvalue weighted by Crippen LogP contribution is 2.31. The van der Waals surface area contributed by atoms with E-state index >= 15 is 4.79 Å². The van der Waals surface area contributed by atoms with E-state index in [1.807, 2.05) is 78.9 Å². The normalized spacial score (nSPS) is 17.9. The number of likely N-dealkylation sites (tertiary alicyclic amines) is 2. The number of carbonyl (C=O) groups is 12. The number of carbonyl (C=O) groups excluding carboxylic acids is 12. The third-order valence-electron chi connectivity index (χ3n) is 18.8. The van der Waals surface area contributed by atoms with Gasteiger partial charge < -0.3 is 60.6 Å². The Morgan fingerprint density at radius 2 is 0.897 bits per heavy atom. The second-order valence-corrected chi connectivity index (χ2v) is 31.6. The quantitative estimate of drug-likeness (QED) is 0.0109. The minimum absolute atomic E-state index is 0.0127. The predicted octanol–water partition coefficient (Wildman–Crippen LogP) is 7.37. The Morgan fingerprint density at radius 1 is 0.505 bits per heavy atom. The number of hydrogen-bond acceptors (Lipinski definition) is 17. The summed E-state index contributed by atoms with van der Waals surface area (Å²) in [6, 6.07) is 18.8. The van der Waals surface area contributed by atoms with Crippen molar-refractivity contribution in [1.82, 2.24) is 51.5 Å². The first kappa shape index (κ1) is 83.4. The lowest BCUT2D eigenvalue weighted by atomic mass is 9.85. The fourth-order valence-corrected chi connectivity index (χ4v) is 12.6. The van der Waals surface area contributed by atoms with Gasteiger partial charge in [0.15, 0.2) is 0 Å². The Hall–Kier alpha value is -10.8. The van der Waals surface area contributed by atoms with Crippen LogP contribution in [0.2, 0.25) is 0 Å². The van der Waals surface area contributed by atoms with Crippen LogP contribution in [0.1, 0.15) is 137 Å². The van der Waals surface area contributed by atoms with Crippen LogP contribution in [0, 0.1) is 10.8 Å². The number of fused-ring (bicyclic) bond motifs is 2. The third kappa shape index (κ3) is 22.4. The molecular formula is C78H103N13O16. The average molecular weight is 1480 g/mol. The van der Waals surface area contributed by atoms with Crippen molar-refractivity contribution in [2.45, 2.75) is 207 Å². The van der Waals surface area contributed by atoms with Gasteiger partial charge in [0.25, 0.3) is 5.91 Å². The summed E-state index contributed by atoms with van der Waals surface area (Å²) in [6.07, 6.45) is -2.21. The molecule has 0 bridgehead atoms. The van der Waals surface area contributed by atoms with E-state index in [4.69, 9.17) is 18.9 Å². The van der Waals surface area contributed by atoms with Gasteiger partial charge >= 0.3 is 24.1 Å². The highest BCUT2D eigenvalue weighted by Gasteiger charge is 2.49. The molecule has 0 saturated carbocycles. The molecule has 2 aliphatic rings. The molecule has 107 heavy (non-hydrogen) atoms. The van der Waals surface area contributed by atoms with E-state index in [1.54, 1.807) is 101 Å². The van der Waals surface area contributed by atoms with Gasteiger partial charge in [0, 0.05) is 63.0 Å². The Bertz CT molecular complexity index is 4190. The Balaban J connectivity index is 1.12. The largest absolute Gasteiger partial charge is 0.467 e. The number of amides is 10. The van der Waals surface area contributed by atoms with Gasteiger partial charge in [0.05, 0.1) is 20.3 Å². The van der Waals surface area contributed by atoms with Crippen molar-refractivity contribution in [2.24, 2.45) is 15.9 Å². The molecule has 2 fully saturated rings. The lowest BCUT2D eigenvalue weighted by molar-refractivity contribution is -0.147. The Morgan fingerprint density at radius 3 is 1.33 bits per heavy atom. The molecule has 29 nitrogen and oxygen atoms in total. The number of rotatable bonds is 25. The van der Waals surface area contributed by atoms with Crippen LogP contribution in [0.25, 0.3) is 32.0 Å². The van der Waals surface area contributed by atoms with Crippen LogP contribution in [0.15, 0.2) is 114 Å². The molecule has 2 heterocycles. The number of azide groups is 1. The zero-order chi connectivity index (χ0) is 79.4. The van der Waals surface area contributed by atoms with E-state index in [0.717, 1.165) is 38.5 Å². The molecule has 0 aliphatic carbocycles. The van der Waals surface area contributed by atoms with Gasteiger partial charge in [0.1, 0.15) is 65.6 Å². The molecule has 2 aliphatic heterocycles. The van der Waals surface area contributed by atoms with Crippen LogP contribution in [0.5, 0.6) is 0 Å². The SMILES string of the molecule is COC(=O)[C@H](Cc1ccc(C(=O)N[C@H]2C[C@@H](C(=O)N[C@@H](Cc3ccc4ccccc4c3)C(=O)OC)N(C(=O)[C@@H](NC(=O)[C@H](C)N(C)C(=O)OC(C)(C)C)C(C)(C)C)C2)cc1)NC(=O)[C@H](Cc1ccc2ccccc2c1)NC(=O)[C@@H]1C[C@H](N=[N+]=[N-])CN1C(=O)[C@@H](NC(=O)[C@H](C)N(C)C(=O)OC(C)(C)C)C(C)(C)C. The maximum Gasteiger partial charge on any atom is 0.410 e. The zero-order valence-electron chi connectivity index (χ0n) is 64.4. The van der Waals surface area contributed by atoms with Crippen LogP contribution >= 0.6 is 0 Å². The van der Waals surface area contributed by atoms with Crippen molar-refractivity contribution >= 4 is 92.9 Å². The fourth-order valence-electron chi connectivity index (χ4n) is 12.6. The van der Waals surface area contributed by atoms with Crippen LogP contribution < -0.4 is 31.9 Å². The van der Waals surface area contributed by atoms with Crippen molar-refractivity contribution in [3.8, 4) is 0 Å². The van der Waals surface area contributed by atoms with Crippen LogP contribution in [0.4, 0.5) is 9.59 Å². The second-order valence-electron chi connectivity index (χ2n) is 31.6. The lowest BCUT2D eigenvalue weighted by Gasteiger charge is -2.37. The molecule has 7 rings (SSSR count). The smallest absolute Gasteiger partial charge is 0.410 e. The van der Waals surface area contributed by atoms with E-state index in [0.29, 0.717) is 16.7 Å². The number of esters is 2. The molecular weight excluding hydrogens is 1370 g/mol. The van der Waals surface area contributed by atoms with Gasteiger partial charge in [-0.3, -0.25) is 48.2 Å². The maximum absolute atomic E-state index is 15.2. The molecule has 2 saturated heterocycles. The molecule has 11 atom stereocenters. The summed E-state index contributed by atoms with van der Waals surface area (Å²) < 4.78 is 21.3. The number of methoxy groups -OCH3 is 2. The van der Waals surface area contributed by atoms with Crippen molar-refractivity contribution in [3.05, 3.63) is 142 Å². The molecule has 0 aromatic heterocycles. The zero-order valence-corrected chi connectivity index (χ0v) is 64.4. The molecule has 5 aromatic rings. The highest BCUT2D eigenvalue weighted by atomic mass is 16.6. The highest BCUT2D eigenvalue weighted by molar-refractivity contribution is 5.99. The van der Waals surface area contributed by atoms with Gasteiger partial charge in [-0.15, -0.1) is 0 Å². The molecule has 6 N–H and O–H groups in total. The van der Waals surface area contributed by atoms with Crippen LogP contribution in [-0.2, 0) is 81.4 Å². The lowest BCUT2D eigenvalue weighted by Crippen LogP contribution is -2.61. The molecule has 5 aromatic carbocycles. The van der Waals surface area contributed by atoms with Gasteiger partial charge in [-0.25, -0.2) is 19.2 Å². The Labute approximate surface area is 624 Å². The summed E-state index contributed by atoms with van der Waals surface area (Å²) >= 11 is 0. The first-order valence-electron chi connectivity index (χ1n) is 35.6. The summed E-state index contributed by atoms with van der Waals surface area (Å²) in [4.78, 5) is 178. The molecule has 576 valence electrons. The first-order chi connectivity index (χ1) is 50.0. The second kappa shape index (κ2) is 35.1. The number of hydrogen-bond donors (Lipinski definition) is 6. The molecule has 0 spiro atoms. The van der Waals surface area contributed by atoms with E-state index in [-0.39, 0.29) is 50.8 Å². The van der Waals surface area contributed by atoms with Crippen molar-refractivity contribution < 1.29 is 76.5 Å². The van der Waals surface area contributed by atoms with Crippen LogP contribution in [0.3, 0.4) is 0 Å². The fraction of sp³-hybridized carbons (Fsp3) is 0.513. The van der Waals surface area contributed by atoms with E-state index < -0.39 is 160 Å². The maximum atomic E-state index is 15.2. The Kier molecular flexibility index (Phi) is 27.3. The van der Waals surface area contributed by atoms with Crippen molar-refractivity contribution in [2.75, 3.05) is 41.4 Å². The number of nitrogens with zero attached hydrogens (tertiary/aromatic N) is 7. The summed E-state index contributed by atoms with van der Waals surface area (Å²) in [5, 5.41) is 24.4.